The van der Waals surface area contributed by atoms with E-state index in [0.717, 1.165) is 0 Å². The Morgan fingerprint density at radius 2 is 0.464 bits per heavy atom. The minimum atomic E-state index is 1.31. The number of hydrogen-bond acceptors (Lipinski definition) is 0. The van der Waals surface area contributed by atoms with Crippen LogP contribution in [0.1, 0.15) is 55.4 Å². The van der Waals surface area contributed by atoms with E-state index in [4.69, 9.17) is 0 Å². The minimum Gasteiger partial charge on any atom is -0.0683 e. The maximum Gasteiger partial charge on any atom is -0.0178 e. The van der Waals surface area contributed by atoms with Crippen molar-refractivity contribution in [3.63, 3.8) is 0 Å². The standard InChI is InChI=1S/C14H10.C6H6.4C2H6/c1-2-6-12-10-14-8-4-3-7-13(14)9-11(12)5-1;1-2-4-6-5-3-1;4*1-2/h1-10H;1-6H;4*1-2H3. The molecule has 0 radical (unpaired) electrons. The lowest BCUT2D eigenvalue weighted by Gasteiger charge is -2.00. The molecule has 0 heterocycles. The van der Waals surface area contributed by atoms with Crippen LogP contribution in [0.15, 0.2) is 97.1 Å². The molecule has 0 fully saturated rings. The van der Waals surface area contributed by atoms with Crippen molar-refractivity contribution in [1.29, 1.82) is 0 Å². The van der Waals surface area contributed by atoms with Gasteiger partial charge in [-0.25, -0.2) is 0 Å². The Morgan fingerprint density at radius 3 is 0.643 bits per heavy atom. The highest BCUT2D eigenvalue weighted by molar-refractivity contribution is 5.98. The molecular weight excluding hydrogens is 336 g/mol. The van der Waals surface area contributed by atoms with Crippen molar-refractivity contribution in [2.24, 2.45) is 0 Å². The Balaban J connectivity index is 0. The summed E-state index contributed by atoms with van der Waals surface area (Å²) >= 11 is 0. The van der Waals surface area contributed by atoms with Gasteiger partial charge in [-0.05, 0) is 33.7 Å². The fourth-order valence-electron chi connectivity index (χ4n) is 2.27. The fourth-order valence-corrected chi connectivity index (χ4v) is 2.27. The van der Waals surface area contributed by atoms with Crippen LogP contribution in [0, 0.1) is 0 Å². The maximum absolute atomic E-state index is 2.24. The highest BCUT2D eigenvalue weighted by atomic mass is 14.0. The molecule has 28 heavy (non-hydrogen) atoms. The number of benzene rings is 4. The smallest absolute Gasteiger partial charge is 0.0178 e. The molecule has 0 aromatic heterocycles. The van der Waals surface area contributed by atoms with Crippen LogP contribution in [-0.4, -0.2) is 0 Å². The van der Waals surface area contributed by atoms with Crippen LogP contribution >= 0.6 is 0 Å². The van der Waals surface area contributed by atoms with Gasteiger partial charge in [-0.1, -0.05) is 140 Å². The van der Waals surface area contributed by atoms with E-state index in [1.54, 1.807) is 0 Å². The van der Waals surface area contributed by atoms with Crippen LogP contribution in [0.25, 0.3) is 21.5 Å². The minimum absolute atomic E-state index is 1.31. The van der Waals surface area contributed by atoms with Crippen molar-refractivity contribution >= 4 is 21.5 Å². The molecule has 4 aromatic rings. The van der Waals surface area contributed by atoms with Gasteiger partial charge in [0.05, 0.1) is 0 Å². The second-order valence-corrected chi connectivity index (χ2v) is 4.70. The van der Waals surface area contributed by atoms with Crippen molar-refractivity contribution < 1.29 is 0 Å². The SMILES string of the molecule is CC.CC.CC.CC.c1ccc2cc3ccccc3cc2c1.c1ccccc1. The van der Waals surface area contributed by atoms with Crippen molar-refractivity contribution in [3.8, 4) is 0 Å². The Hall–Kier alpha value is -2.60. The third-order valence-electron chi connectivity index (χ3n) is 3.28. The molecule has 0 spiro atoms. The summed E-state index contributed by atoms with van der Waals surface area (Å²) in [6, 6.07) is 33.4. The highest BCUT2D eigenvalue weighted by Crippen LogP contribution is 2.21. The molecule has 152 valence electrons. The summed E-state index contributed by atoms with van der Waals surface area (Å²) < 4.78 is 0. The molecule has 4 rings (SSSR count). The van der Waals surface area contributed by atoms with E-state index in [1.165, 1.54) is 21.5 Å². The summed E-state index contributed by atoms with van der Waals surface area (Å²) in [4.78, 5) is 0. The Morgan fingerprint density at radius 1 is 0.286 bits per heavy atom. The molecule has 0 atom stereocenters. The lowest BCUT2D eigenvalue weighted by Crippen LogP contribution is -1.74. The molecule has 0 saturated carbocycles. The Bertz CT molecular complexity index is 669. The number of fused-ring (bicyclic) bond motifs is 2. The molecule has 0 bridgehead atoms. The molecule has 4 aromatic carbocycles. The van der Waals surface area contributed by atoms with E-state index in [-0.39, 0.29) is 0 Å². The van der Waals surface area contributed by atoms with Crippen LogP contribution in [0.5, 0.6) is 0 Å². The van der Waals surface area contributed by atoms with Crippen molar-refractivity contribution in [3.05, 3.63) is 97.1 Å². The fraction of sp³-hybridized carbons (Fsp3) is 0.286. The summed E-state index contributed by atoms with van der Waals surface area (Å²) in [7, 11) is 0. The average Bonchev–Trinajstić information content (AvgIpc) is 2.84. The van der Waals surface area contributed by atoms with Gasteiger partial charge in [-0.3, -0.25) is 0 Å². The topological polar surface area (TPSA) is 0 Å². The van der Waals surface area contributed by atoms with E-state index >= 15 is 0 Å². The van der Waals surface area contributed by atoms with Gasteiger partial charge < -0.3 is 0 Å². The Kier molecular flexibility index (Phi) is 20.4. The zero-order chi connectivity index (χ0) is 21.6. The Labute approximate surface area is 174 Å². The van der Waals surface area contributed by atoms with Gasteiger partial charge in [0.1, 0.15) is 0 Å². The highest BCUT2D eigenvalue weighted by Gasteiger charge is 1.95. The predicted molar refractivity (Wildman–Crippen MR) is 133 cm³/mol. The largest absolute Gasteiger partial charge is 0.0683 e. The van der Waals surface area contributed by atoms with E-state index in [9.17, 15) is 0 Å². The summed E-state index contributed by atoms with van der Waals surface area (Å²) in [5, 5.41) is 5.25. The van der Waals surface area contributed by atoms with Gasteiger partial charge in [0.2, 0.25) is 0 Å². The maximum atomic E-state index is 2.24. The van der Waals surface area contributed by atoms with Gasteiger partial charge in [-0.2, -0.15) is 0 Å². The van der Waals surface area contributed by atoms with E-state index in [2.05, 4.69) is 60.7 Å². The van der Waals surface area contributed by atoms with Crippen LogP contribution in [0.2, 0.25) is 0 Å². The van der Waals surface area contributed by atoms with Crippen molar-refractivity contribution in [1.82, 2.24) is 0 Å². The molecule has 0 aliphatic heterocycles. The van der Waals surface area contributed by atoms with Crippen molar-refractivity contribution in [2.45, 2.75) is 55.4 Å². The average molecular weight is 377 g/mol. The quantitative estimate of drug-likeness (QED) is 0.268. The number of hydrogen-bond donors (Lipinski definition) is 0. The molecule has 0 nitrogen and oxygen atoms in total. The third-order valence-corrected chi connectivity index (χ3v) is 3.28. The van der Waals surface area contributed by atoms with Crippen LogP contribution in [-0.2, 0) is 0 Å². The normalized spacial score (nSPS) is 8.00. The van der Waals surface area contributed by atoms with Gasteiger partial charge in [0.15, 0.2) is 0 Å². The zero-order valence-electron chi connectivity index (χ0n) is 19.2. The summed E-state index contributed by atoms with van der Waals surface area (Å²) in [6.45, 7) is 16.0. The lowest BCUT2D eigenvalue weighted by atomic mass is 10.0. The van der Waals surface area contributed by atoms with E-state index in [0.29, 0.717) is 0 Å². The lowest BCUT2D eigenvalue weighted by molar-refractivity contribution is 1.50. The third kappa shape index (κ3) is 10.5. The van der Waals surface area contributed by atoms with Crippen molar-refractivity contribution in [2.75, 3.05) is 0 Å². The second-order valence-electron chi connectivity index (χ2n) is 4.70. The van der Waals surface area contributed by atoms with E-state index in [1.807, 2.05) is 91.8 Å². The van der Waals surface area contributed by atoms with Crippen LogP contribution in [0.3, 0.4) is 0 Å². The van der Waals surface area contributed by atoms with Crippen LogP contribution < -0.4 is 0 Å². The molecule has 0 N–H and O–H groups in total. The van der Waals surface area contributed by atoms with Gasteiger partial charge >= 0.3 is 0 Å². The molecule has 0 unspecified atom stereocenters. The van der Waals surface area contributed by atoms with Gasteiger partial charge in [-0.15, -0.1) is 0 Å². The molecular formula is C28H40. The predicted octanol–water partition coefficient (Wildman–Crippen LogP) is 9.78. The van der Waals surface area contributed by atoms with Gasteiger partial charge in [0.25, 0.3) is 0 Å². The first-order chi connectivity index (χ1) is 13.9. The molecule has 0 amide bonds. The summed E-state index contributed by atoms with van der Waals surface area (Å²) in [5.41, 5.74) is 0. The molecule has 0 saturated heterocycles. The van der Waals surface area contributed by atoms with E-state index < -0.39 is 0 Å². The first-order valence-electron chi connectivity index (χ1n) is 10.8. The monoisotopic (exact) mass is 376 g/mol. The molecule has 0 heteroatoms. The first kappa shape index (κ1) is 27.6. The number of rotatable bonds is 0. The molecule has 0 aliphatic rings. The summed E-state index contributed by atoms with van der Waals surface area (Å²) in [6.07, 6.45) is 0. The molecule has 0 aliphatic carbocycles. The second kappa shape index (κ2) is 20.7. The van der Waals surface area contributed by atoms with Crippen LogP contribution in [0.4, 0.5) is 0 Å². The first-order valence-corrected chi connectivity index (χ1v) is 10.8. The summed E-state index contributed by atoms with van der Waals surface area (Å²) in [5.74, 6) is 0. The van der Waals surface area contributed by atoms with Gasteiger partial charge in [0, 0.05) is 0 Å². The zero-order valence-corrected chi connectivity index (χ0v) is 19.2.